The Kier molecular flexibility index (Phi) is 8.03. The van der Waals surface area contributed by atoms with Gasteiger partial charge in [0.1, 0.15) is 5.82 Å². The van der Waals surface area contributed by atoms with E-state index in [1.807, 2.05) is 13.8 Å². The van der Waals surface area contributed by atoms with Crippen molar-refractivity contribution in [3.63, 3.8) is 0 Å². The number of hydrogen-bond donors (Lipinski definition) is 3. The molecule has 3 N–H and O–H groups in total. The number of alkyl carbamates (subject to hydrolysis) is 1. The Morgan fingerprint density at radius 3 is 2.23 bits per heavy atom. The van der Waals surface area contributed by atoms with Crippen molar-refractivity contribution in [2.24, 2.45) is 11.3 Å². The second kappa shape index (κ2) is 9.33. The lowest BCUT2D eigenvalue weighted by Gasteiger charge is -2.36. The molecule has 7 heteroatoms. The molecular weight excluding hydrogens is 340 g/mol. The Bertz CT molecular complexity index is 529. The zero-order valence-corrected chi connectivity index (χ0v) is 16.5. The van der Waals surface area contributed by atoms with Gasteiger partial charge in [0, 0.05) is 31.5 Å². The van der Waals surface area contributed by atoms with E-state index >= 15 is 0 Å². The lowest BCUT2D eigenvalue weighted by atomic mass is 9.70. The van der Waals surface area contributed by atoms with Crippen LogP contribution in [0.1, 0.15) is 66.2 Å². The van der Waals surface area contributed by atoms with Gasteiger partial charge in [-0.25, -0.2) is 13.6 Å². The van der Waals surface area contributed by atoms with E-state index in [9.17, 15) is 13.6 Å². The Balaban J connectivity index is 0.000000289. The topological polar surface area (TPSA) is 74.2 Å². The molecule has 0 aliphatic heterocycles. The van der Waals surface area contributed by atoms with E-state index < -0.39 is 12.0 Å². The first-order chi connectivity index (χ1) is 12.0. The van der Waals surface area contributed by atoms with Crippen molar-refractivity contribution in [1.29, 1.82) is 5.41 Å². The number of alkyl halides is 2. The van der Waals surface area contributed by atoms with Gasteiger partial charge >= 0.3 is 6.09 Å². The Morgan fingerprint density at radius 1 is 1.31 bits per heavy atom. The van der Waals surface area contributed by atoms with Crippen LogP contribution in [0.3, 0.4) is 0 Å². The van der Waals surface area contributed by atoms with Crippen LogP contribution in [-0.4, -0.2) is 30.9 Å². The highest BCUT2D eigenvalue weighted by molar-refractivity contribution is 5.81. The molecule has 2 saturated carbocycles. The summed E-state index contributed by atoms with van der Waals surface area (Å²) < 4.78 is 29.9. The molecule has 0 heterocycles. The van der Waals surface area contributed by atoms with Gasteiger partial charge in [0.05, 0.1) is 6.10 Å². The average molecular weight is 373 g/mol. The van der Waals surface area contributed by atoms with Crippen molar-refractivity contribution in [3.8, 4) is 0 Å². The van der Waals surface area contributed by atoms with Gasteiger partial charge in [-0.2, -0.15) is 0 Å². The Hall–Kier alpha value is -1.66. The highest BCUT2D eigenvalue weighted by atomic mass is 19.3. The number of halogens is 2. The Morgan fingerprint density at radius 2 is 1.92 bits per heavy atom. The smallest absolute Gasteiger partial charge is 0.412 e. The van der Waals surface area contributed by atoms with Crippen LogP contribution in [0.2, 0.25) is 0 Å². The van der Waals surface area contributed by atoms with E-state index in [0.717, 1.165) is 5.82 Å². The number of amides is 1. The summed E-state index contributed by atoms with van der Waals surface area (Å²) in [4.78, 5) is 11.4. The van der Waals surface area contributed by atoms with Crippen molar-refractivity contribution in [3.05, 3.63) is 11.9 Å². The fourth-order valence-corrected chi connectivity index (χ4v) is 3.07. The van der Waals surface area contributed by atoms with Gasteiger partial charge in [-0.1, -0.05) is 13.3 Å². The van der Waals surface area contributed by atoms with Crippen LogP contribution in [-0.2, 0) is 4.74 Å². The molecule has 0 aromatic rings. The zero-order chi connectivity index (χ0) is 20.0. The normalized spacial score (nSPS) is 23.4. The van der Waals surface area contributed by atoms with Crippen LogP contribution in [0.25, 0.3) is 0 Å². The van der Waals surface area contributed by atoms with Crippen LogP contribution >= 0.6 is 0 Å². The van der Waals surface area contributed by atoms with E-state index in [0.29, 0.717) is 12.1 Å². The molecule has 150 valence electrons. The molecule has 0 saturated heterocycles. The summed E-state index contributed by atoms with van der Waals surface area (Å²) in [6.07, 6.45) is 5.55. The van der Waals surface area contributed by atoms with E-state index in [4.69, 9.17) is 10.1 Å². The third-order valence-electron chi connectivity index (χ3n) is 4.85. The molecule has 1 amide bonds. The first kappa shape index (κ1) is 22.4. The summed E-state index contributed by atoms with van der Waals surface area (Å²) in [5, 5.41) is 12.8. The fourth-order valence-electron chi connectivity index (χ4n) is 3.07. The number of carbonyl (C=O) groups excluding carboxylic acids is 1. The third kappa shape index (κ3) is 7.70. The second-order valence-corrected chi connectivity index (χ2v) is 7.87. The minimum atomic E-state index is -2.49. The summed E-state index contributed by atoms with van der Waals surface area (Å²) >= 11 is 0. The molecule has 5 nitrogen and oxygen atoms in total. The SMILES string of the molecule is CC(=N)C1CCC(F)(F)C1.CN/C(=C/C1(C)CCC1)NC(=O)OC(C)C. The number of rotatable bonds is 5. The number of nitrogens with one attached hydrogen (secondary N) is 3. The van der Waals surface area contributed by atoms with E-state index in [1.54, 1.807) is 14.0 Å². The zero-order valence-electron chi connectivity index (χ0n) is 16.5. The van der Waals surface area contributed by atoms with E-state index in [-0.39, 0.29) is 30.3 Å². The lowest BCUT2D eigenvalue weighted by Crippen LogP contribution is -2.34. The predicted octanol–water partition coefficient (Wildman–Crippen LogP) is 4.83. The van der Waals surface area contributed by atoms with Gasteiger partial charge in [0.25, 0.3) is 0 Å². The maximum atomic E-state index is 12.5. The van der Waals surface area contributed by atoms with Gasteiger partial charge in [-0.3, -0.25) is 5.32 Å². The first-order valence-corrected chi connectivity index (χ1v) is 9.27. The molecule has 2 rings (SSSR count). The maximum Gasteiger partial charge on any atom is 0.412 e. The van der Waals surface area contributed by atoms with Crippen molar-refractivity contribution in [1.82, 2.24) is 10.6 Å². The lowest BCUT2D eigenvalue weighted by molar-refractivity contribution is 0.00730. The van der Waals surface area contributed by atoms with Crippen LogP contribution in [0, 0.1) is 16.7 Å². The van der Waals surface area contributed by atoms with Gasteiger partial charge in [-0.05, 0) is 51.5 Å². The quantitative estimate of drug-likeness (QED) is 0.604. The van der Waals surface area contributed by atoms with E-state index in [2.05, 4.69) is 23.6 Å². The third-order valence-corrected chi connectivity index (χ3v) is 4.85. The summed E-state index contributed by atoms with van der Waals surface area (Å²) in [5.74, 6) is -1.92. The molecular formula is C19H33F2N3O2. The molecule has 0 aromatic heterocycles. The average Bonchev–Trinajstić information content (AvgIpc) is 2.85. The summed E-state index contributed by atoms with van der Waals surface area (Å²) in [6.45, 7) is 7.46. The van der Waals surface area contributed by atoms with Crippen LogP contribution in [0.5, 0.6) is 0 Å². The highest BCUT2D eigenvalue weighted by Crippen LogP contribution is 2.42. The molecule has 2 fully saturated rings. The molecule has 26 heavy (non-hydrogen) atoms. The Labute approximate surface area is 155 Å². The van der Waals surface area contributed by atoms with Gasteiger partial charge < -0.3 is 15.5 Å². The molecule has 2 aliphatic rings. The molecule has 1 atom stereocenters. The standard InChI is InChI=1S/C12H22N2O2.C7H11F2N/c1-9(2)16-11(15)14-10(13-4)8-12(3)6-5-7-12;1-5(10)6-2-3-7(8,9)4-6/h8-9,13H,5-7H2,1-4H3,(H,14,15);6,10H,2-4H2,1H3/b10-8-;. The number of carbonyl (C=O) groups is 1. The largest absolute Gasteiger partial charge is 0.447 e. The van der Waals surface area contributed by atoms with E-state index in [1.165, 1.54) is 19.3 Å². The minimum Gasteiger partial charge on any atom is -0.447 e. The van der Waals surface area contributed by atoms with Crippen molar-refractivity contribution >= 4 is 11.8 Å². The highest BCUT2D eigenvalue weighted by Gasteiger charge is 2.39. The van der Waals surface area contributed by atoms with Gasteiger partial charge in [-0.15, -0.1) is 0 Å². The molecule has 1 unspecified atom stereocenters. The number of hydrogen-bond acceptors (Lipinski definition) is 4. The van der Waals surface area contributed by atoms with Crippen LogP contribution in [0.15, 0.2) is 11.9 Å². The molecule has 2 aliphatic carbocycles. The van der Waals surface area contributed by atoms with Crippen molar-refractivity contribution in [2.45, 2.75) is 78.2 Å². The molecule has 0 bridgehead atoms. The maximum absolute atomic E-state index is 12.5. The number of allylic oxidation sites excluding steroid dienone is 1. The molecule has 0 aromatic carbocycles. The predicted molar refractivity (Wildman–Crippen MR) is 99.5 cm³/mol. The summed E-state index contributed by atoms with van der Waals surface area (Å²) in [6, 6.07) is 0. The van der Waals surface area contributed by atoms with Gasteiger partial charge in [0.15, 0.2) is 0 Å². The molecule has 0 radical (unpaired) electrons. The fraction of sp³-hybridized carbons (Fsp3) is 0.789. The van der Waals surface area contributed by atoms with Crippen LogP contribution in [0.4, 0.5) is 13.6 Å². The number of ether oxygens (including phenoxy) is 1. The monoisotopic (exact) mass is 373 g/mol. The first-order valence-electron chi connectivity index (χ1n) is 9.27. The minimum absolute atomic E-state index is 0.0338. The second-order valence-electron chi connectivity index (χ2n) is 7.87. The van der Waals surface area contributed by atoms with Crippen LogP contribution < -0.4 is 10.6 Å². The summed E-state index contributed by atoms with van der Waals surface area (Å²) in [7, 11) is 1.80. The van der Waals surface area contributed by atoms with Crippen molar-refractivity contribution < 1.29 is 18.3 Å². The van der Waals surface area contributed by atoms with Crippen molar-refractivity contribution in [2.75, 3.05) is 7.05 Å². The summed E-state index contributed by atoms with van der Waals surface area (Å²) in [5.41, 5.74) is 0.626. The molecule has 0 spiro atoms. The van der Waals surface area contributed by atoms with Gasteiger partial charge in [0.2, 0.25) is 5.92 Å².